The van der Waals surface area contributed by atoms with Crippen molar-refractivity contribution in [1.29, 1.82) is 0 Å². The summed E-state index contributed by atoms with van der Waals surface area (Å²) in [5.74, 6) is 2.36. The minimum atomic E-state index is 0.113. The molecule has 3 nitrogen and oxygen atoms in total. The second-order valence-electron chi connectivity index (χ2n) is 5.36. The van der Waals surface area contributed by atoms with Gasteiger partial charge in [0.1, 0.15) is 11.5 Å². The van der Waals surface area contributed by atoms with Crippen LogP contribution in [0.25, 0.3) is 0 Å². The Morgan fingerprint density at radius 1 is 1.26 bits per heavy atom. The molecule has 0 aliphatic heterocycles. The van der Waals surface area contributed by atoms with Crippen LogP contribution in [0.2, 0.25) is 0 Å². The SMILES string of the molecule is CCCC(C)COc1ccc(OC)cc1CC(C)N. The standard InChI is InChI=1S/C16H27NO2/c1-5-6-12(2)11-19-16-8-7-15(18-4)10-14(16)9-13(3)17/h7-8,10,12-13H,5-6,9,11,17H2,1-4H3. The Bertz CT molecular complexity index is 377. The zero-order valence-electron chi connectivity index (χ0n) is 12.6. The van der Waals surface area contributed by atoms with Crippen LogP contribution < -0.4 is 15.2 Å². The molecule has 0 saturated carbocycles. The van der Waals surface area contributed by atoms with E-state index in [0.717, 1.165) is 30.1 Å². The minimum absolute atomic E-state index is 0.113. The summed E-state index contributed by atoms with van der Waals surface area (Å²) in [6.45, 7) is 7.18. The van der Waals surface area contributed by atoms with Gasteiger partial charge >= 0.3 is 0 Å². The first kappa shape index (κ1) is 15.8. The van der Waals surface area contributed by atoms with Crippen LogP contribution in [0.3, 0.4) is 0 Å². The van der Waals surface area contributed by atoms with Gasteiger partial charge in [-0.1, -0.05) is 20.3 Å². The molecule has 0 fully saturated rings. The van der Waals surface area contributed by atoms with Gasteiger partial charge in [0.15, 0.2) is 0 Å². The third-order valence-electron chi connectivity index (χ3n) is 3.11. The second-order valence-corrected chi connectivity index (χ2v) is 5.36. The van der Waals surface area contributed by atoms with E-state index in [2.05, 4.69) is 13.8 Å². The van der Waals surface area contributed by atoms with Crippen molar-refractivity contribution < 1.29 is 9.47 Å². The summed E-state index contributed by atoms with van der Waals surface area (Å²) in [6.07, 6.45) is 3.19. The Hall–Kier alpha value is -1.22. The lowest BCUT2D eigenvalue weighted by atomic mass is 10.1. The lowest BCUT2D eigenvalue weighted by molar-refractivity contribution is 0.249. The largest absolute Gasteiger partial charge is 0.497 e. The van der Waals surface area contributed by atoms with Gasteiger partial charge in [-0.15, -0.1) is 0 Å². The molecule has 0 saturated heterocycles. The van der Waals surface area contributed by atoms with Crippen LogP contribution in [0, 0.1) is 5.92 Å². The fourth-order valence-electron chi connectivity index (χ4n) is 2.14. The number of nitrogens with two attached hydrogens (primary N) is 1. The number of rotatable bonds is 8. The van der Waals surface area contributed by atoms with Crippen LogP contribution in [0.15, 0.2) is 18.2 Å². The average molecular weight is 265 g/mol. The molecule has 1 aromatic carbocycles. The fourth-order valence-corrected chi connectivity index (χ4v) is 2.14. The fraction of sp³-hybridized carbons (Fsp3) is 0.625. The third kappa shape index (κ3) is 5.52. The first-order valence-corrected chi connectivity index (χ1v) is 7.12. The molecular formula is C16H27NO2. The summed E-state index contributed by atoms with van der Waals surface area (Å²) in [5.41, 5.74) is 7.02. The van der Waals surface area contributed by atoms with E-state index >= 15 is 0 Å². The average Bonchev–Trinajstić information content (AvgIpc) is 2.36. The summed E-state index contributed by atoms with van der Waals surface area (Å²) in [6, 6.07) is 6.05. The Morgan fingerprint density at radius 3 is 2.58 bits per heavy atom. The molecule has 1 rings (SSSR count). The van der Waals surface area contributed by atoms with Crippen LogP contribution in [0.5, 0.6) is 11.5 Å². The number of ether oxygens (including phenoxy) is 2. The molecule has 108 valence electrons. The smallest absolute Gasteiger partial charge is 0.122 e. The van der Waals surface area contributed by atoms with Gasteiger partial charge in [0, 0.05) is 6.04 Å². The van der Waals surface area contributed by atoms with Crippen molar-refractivity contribution in [3.8, 4) is 11.5 Å². The van der Waals surface area contributed by atoms with Crippen molar-refractivity contribution in [2.24, 2.45) is 11.7 Å². The van der Waals surface area contributed by atoms with E-state index in [4.69, 9.17) is 15.2 Å². The van der Waals surface area contributed by atoms with Gasteiger partial charge < -0.3 is 15.2 Å². The van der Waals surface area contributed by atoms with Gasteiger partial charge in [0.05, 0.1) is 13.7 Å². The Labute approximate surface area is 117 Å². The molecule has 2 N–H and O–H groups in total. The van der Waals surface area contributed by atoms with Crippen molar-refractivity contribution >= 4 is 0 Å². The van der Waals surface area contributed by atoms with Crippen LogP contribution >= 0.6 is 0 Å². The predicted octanol–water partition coefficient (Wildman–Crippen LogP) is 3.40. The molecule has 0 radical (unpaired) electrons. The predicted molar refractivity (Wildman–Crippen MR) is 79.9 cm³/mol. The first-order valence-electron chi connectivity index (χ1n) is 7.12. The maximum absolute atomic E-state index is 5.94. The molecule has 3 heteroatoms. The van der Waals surface area contributed by atoms with Crippen molar-refractivity contribution in [1.82, 2.24) is 0 Å². The van der Waals surface area contributed by atoms with E-state index in [1.54, 1.807) is 7.11 Å². The summed E-state index contributed by atoms with van der Waals surface area (Å²) < 4.78 is 11.2. The Morgan fingerprint density at radius 2 is 2.00 bits per heavy atom. The van der Waals surface area contributed by atoms with Gasteiger partial charge in [0.2, 0.25) is 0 Å². The van der Waals surface area contributed by atoms with Gasteiger partial charge in [-0.25, -0.2) is 0 Å². The molecule has 0 aliphatic rings. The number of methoxy groups -OCH3 is 1. The molecule has 0 spiro atoms. The van der Waals surface area contributed by atoms with Crippen molar-refractivity contribution in [2.75, 3.05) is 13.7 Å². The van der Waals surface area contributed by atoms with Crippen LogP contribution in [-0.2, 0) is 6.42 Å². The molecule has 2 atom stereocenters. The van der Waals surface area contributed by atoms with Crippen molar-refractivity contribution in [2.45, 2.75) is 46.1 Å². The minimum Gasteiger partial charge on any atom is -0.497 e. The summed E-state index contributed by atoms with van der Waals surface area (Å²) in [5, 5.41) is 0. The lowest BCUT2D eigenvalue weighted by Crippen LogP contribution is -2.19. The highest BCUT2D eigenvalue weighted by Gasteiger charge is 2.10. The van der Waals surface area contributed by atoms with Gasteiger partial charge in [-0.05, 0) is 49.4 Å². The number of hydrogen-bond acceptors (Lipinski definition) is 3. The maximum Gasteiger partial charge on any atom is 0.122 e. The summed E-state index contributed by atoms with van der Waals surface area (Å²) in [4.78, 5) is 0. The molecule has 0 aliphatic carbocycles. The normalized spacial score (nSPS) is 13.9. The van der Waals surface area contributed by atoms with E-state index in [9.17, 15) is 0 Å². The second kappa shape index (κ2) is 8.05. The van der Waals surface area contributed by atoms with E-state index < -0.39 is 0 Å². The lowest BCUT2D eigenvalue weighted by Gasteiger charge is -2.17. The monoisotopic (exact) mass is 265 g/mol. The molecule has 0 heterocycles. The van der Waals surface area contributed by atoms with Gasteiger partial charge in [-0.3, -0.25) is 0 Å². The number of benzene rings is 1. The Balaban J connectivity index is 2.74. The zero-order valence-corrected chi connectivity index (χ0v) is 12.6. The molecule has 0 amide bonds. The molecule has 1 aromatic rings. The third-order valence-corrected chi connectivity index (χ3v) is 3.11. The molecule has 19 heavy (non-hydrogen) atoms. The van der Waals surface area contributed by atoms with E-state index in [-0.39, 0.29) is 6.04 Å². The van der Waals surface area contributed by atoms with Crippen LogP contribution in [0.1, 0.15) is 39.2 Å². The topological polar surface area (TPSA) is 44.5 Å². The van der Waals surface area contributed by atoms with Gasteiger partial charge in [-0.2, -0.15) is 0 Å². The molecule has 0 bridgehead atoms. The van der Waals surface area contributed by atoms with Crippen molar-refractivity contribution in [3.05, 3.63) is 23.8 Å². The highest BCUT2D eigenvalue weighted by Crippen LogP contribution is 2.26. The molecule has 2 unspecified atom stereocenters. The van der Waals surface area contributed by atoms with Crippen molar-refractivity contribution in [3.63, 3.8) is 0 Å². The Kier molecular flexibility index (Phi) is 6.71. The molecular weight excluding hydrogens is 238 g/mol. The van der Waals surface area contributed by atoms with Gasteiger partial charge in [0.25, 0.3) is 0 Å². The van der Waals surface area contributed by atoms with E-state index in [0.29, 0.717) is 5.92 Å². The zero-order chi connectivity index (χ0) is 14.3. The van der Waals surface area contributed by atoms with E-state index in [1.165, 1.54) is 12.8 Å². The quantitative estimate of drug-likeness (QED) is 0.783. The summed E-state index contributed by atoms with van der Waals surface area (Å²) in [7, 11) is 1.68. The highest BCUT2D eigenvalue weighted by molar-refractivity contribution is 5.40. The maximum atomic E-state index is 5.94. The number of hydrogen-bond donors (Lipinski definition) is 1. The molecule has 0 aromatic heterocycles. The highest BCUT2D eigenvalue weighted by atomic mass is 16.5. The first-order chi connectivity index (χ1) is 9.06. The van der Waals surface area contributed by atoms with E-state index in [1.807, 2.05) is 25.1 Å². The van der Waals surface area contributed by atoms with Crippen LogP contribution in [0.4, 0.5) is 0 Å². The summed E-state index contributed by atoms with van der Waals surface area (Å²) >= 11 is 0. The van der Waals surface area contributed by atoms with Crippen LogP contribution in [-0.4, -0.2) is 19.8 Å².